The van der Waals surface area contributed by atoms with Gasteiger partial charge in [-0.2, -0.15) is 0 Å². The molecule has 0 unspecified atom stereocenters. The topological polar surface area (TPSA) is 56.0 Å². The number of anilines is 1. The molecule has 24 heavy (non-hydrogen) atoms. The van der Waals surface area contributed by atoms with E-state index < -0.39 is 0 Å². The summed E-state index contributed by atoms with van der Waals surface area (Å²) in [5.74, 6) is -0.208. The Hall–Kier alpha value is -2.82. The van der Waals surface area contributed by atoms with Gasteiger partial charge >= 0.3 is 5.69 Å². The molecule has 3 aromatic rings. The Balaban J connectivity index is 1.89. The normalized spacial score (nSPS) is 10.9. The number of carbonyl (C=O) groups is 1. The van der Waals surface area contributed by atoms with Gasteiger partial charge in [-0.25, -0.2) is 4.79 Å². The number of aromatic nitrogens is 2. The van der Waals surface area contributed by atoms with Crippen LogP contribution in [0.4, 0.5) is 5.69 Å². The van der Waals surface area contributed by atoms with E-state index in [4.69, 9.17) is 0 Å². The van der Waals surface area contributed by atoms with Crippen molar-refractivity contribution in [2.45, 2.75) is 33.4 Å². The maximum absolute atomic E-state index is 12.7. The summed E-state index contributed by atoms with van der Waals surface area (Å²) in [6.45, 7) is 4.67. The van der Waals surface area contributed by atoms with Crippen LogP contribution in [0.5, 0.6) is 0 Å². The number of nitrogens with one attached hydrogen (secondary N) is 1. The molecule has 3 rings (SSSR count). The molecule has 0 spiro atoms. The molecule has 5 heteroatoms. The van der Waals surface area contributed by atoms with Gasteiger partial charge in [-0.05, 0) is 37.6 Å². The van der Waals surface area contributed by atoms with Crippen LogP contribution in [0.15, 0.2) is 53.3 Å². The number of imidazole rings is 1. The minimum absolute atomic E-state index is 0.00391. The summed E-state index contributed by atoms with van der Waals surface area (Å²) in [6.07, 6.45) is 0.865. The first kappa shape index (κ1) is 16.1. The molecule has 1 amide bonds. The zero-order chi connectivity index (χ0) is 17.1. The molecule has 0 saturated heterocycles. The molecule has 2 aromatic carbocycles. The second-order valence-electron chi connectivity index (χ2n) is 5.92. The van der Waals surface area contributed by atoms with Gasteiger partial charge in [0.05, 0.1) is 11.0 Å². The number of benzene rings is 2. The fraction of sp³-hybridized carbons (Fsp3) is 0.263. The minimum Gasteiger partial charge on any atom is -0.325 e. The fourth-order valence-corrected chi connectivity index (χ4v) is 2.85. The van der Waals surface area contributed by atoms with E-state index in [-0.39, 0.29) is 18.1 Å². The first-order valence-electron chi connectivity index (χ1n) is 8.14. The smallest absolute Gasteiger partial charge is 0.325 e. The largest absolute Gasteiger partial charge is 0.329 e. The van der Waals surface area contributed by atoms with Gasteiger partial charge in [0.1, 0.15) is 6.54 Å². The zero-order valence-corrected chi connectivity index (χ0v) is 14.0. The third kappa shape index (κ3) is 3.11. The Labute approximate surface area is 140 Å². The molecule has 5 nitrogen and oxygen atoms in total. The van der Waals surface area contributed by atoms with Crippen LogP contribution in [0.3, 0.4) is 0 Å². The number of amides is 1. The Morgan fingerprint density at radius 2 is 1.62 bits per heavy atom. The first-order valence-corrected chi connectivity index (χ1v) is 8.14. The van der Waals surface area contributed by atoms with Crippen molar-refractivity contribution in [3.8, 4) is 0 Å². The maximum atomic E-state index is 12.7. The number of nitrogens with zero attached hydrogens (tertiary/aromatic N) is 2. The van der Waals surface area contributed by atoms with Crippen LogP contribution in [0.25, 0.3) is 11.0 Å². The third-order valence-electron chi connectivity index (χ3n) is 4.01. The van der Waals surface area contributed by atoms with Crippen LogP contribution in [0.2, 0.25) is 0 Å². The fourth-order valence-electron chi connectivity index (χ4n) is 2.85. The average Bonchev–Trinajstić information content (AvgIpc) is 2.83. The maximum Gasteiger partial charge on any atom is 0.329 e. The summed E-state index contributed by atoms with van der Waals surface area (Å²) in [5.41, 5.74) is 3.38. The lowest BCUT2D eigenvalue weighted by Gasteiger charge is -2.06. The molecule has 1 heterocycles. The van der Waals surface area contributed by atoms with Crippen LogP contribution in [-0.4, -0.2) is 15.0 Å². The molecule has 0 aliphatic heterocycles. The van der Waals surface area contributed by atoms with Crippen molar-refractivity contribution in [1.82, 2.24) is 9.13 Å². The summed E-state index contributed by atoms with van der Waals surface area (Å²) in [7, 11) is 0. The lowest BCUT2D eigenvalue weighted by atomic mass is 10.2. The number of aryl methyl sites for hydroxylation is 2. The molecule has 0 bridgehead atoms. The van der Waals surface area contributed by atoms with Gasteiger partial charge in [-0.1, -0.05) is 36.8 Å². The van der Waals surface area contributed by atoms with E-state index >= 15 is 0 Å². The zero-order valence-electron chi connectivity index (χ0n) is 14.0. The number of para-hydroxylation sites is 2. The minimum atomic E-state index is -0.208. The van der Waals surface area contributed by atoms with Gasteiger partial charge in [-0.3, -0.25) is 13.9 Å². The molecule has 0 fully saturated rings. The van der Waals surface area contributed by atoms with E-state index in [1.165, 1.54) is 4.57 Å². The molecule has 1 aromatic heterocycles. The van der Waals surface area contributed by atoms with Crippen LogP contribution < -0.4 is 11.0 Å². The second kappa shape index (κ2) is 6.74. The Kier molecular flexibility index (Phi) is 4.51. The lowest BCUT2D eigenvalue weighted by Crippen LogP contribution is -2.29. The van der Waals surface area contributed by atoms with E-state index in [9.17, 15) is 9.59 Å². The van der Waals surface area contributed by atoms with Crippen molar-refractivity contribution in [2.24, 2.45) is 0 Å². The summed E-state index contributed by atoms with van der Waals surface area (Å²) in [4.78, 5) is 25.0. The van der Waals surface area contributed by atoms with E-state index in [1.54, 1.807) is 4.57 Å². The molecule has 0 radical (unpaired) electrons. The molecule has 0 saturated carbocycles. The highest BCUT2D eigenvalue weighted by molar-refractivity contribution is 5.91. The predicted octanol–water partition coefficient (Wildman–Crippen LogP) is 3.16. The third-order valence-corrected chi connectivity index (χ3v) is 4.01. The number of carbonyl (C=O) groups excluding carboxylic acids is 1. The molecule has 0 aliphatic carbocycles. The van der Waals surface area contributed by atoms with Crippen LogP contribution in [0, 0.1) is 6.92 Å². The Bertz CT molecular complexity index is 920. The molecule has 1 N–H and O–H groups in total. The van der Waals surface area contributed by atoms with Crippen molar-refractivity contribution in [3.63, 3.8) is 0 Å². The van der Waals surface area contributed by atoms with E-state index in [0.717, 1.165) is 28.7 Å². The van der Waals surface area contributed by atoms with Crippen molar-refractivity contribution in [1.29, 1.82) is 0 Å². The van der Waals surface area contributed by atoms with Crippen molar-refractivity contribution >= 4 is 22.6 Å². The molecular weight excluding hydrogens is 302 g/mol. The van der Waals surface area contributed by atoms with Gasteiger partial charge in [0.15, 0.2) is 0 Å². The molecular formula is C19H21N3O2. The number of rotatable bonds is 5. The highest BCUT2D eigenvalue weighted by atomic mass is 16.2. The highest BCUT2D eigenvalue weighted by Crippen LogP contribution is 2.14. The van der Waals surface area contributed by atoms with Gasteiger partial charge in [0.25, 0.3) is 0 Å². The van der Waals surface area contributed by atoms with Crippen LogP contribution in [0.1, 0.15) is 18.9 Å². The Morgan fingerprint density at radius 3 is 2.25 bits per heavy atom. The monoisotopic (exact) mass is 323 g/mol. The van der Waals surface area contributed by atoms with Gasteiger partial charge in [-0.15, -0.1) is 0 Å². The van der Waals surface area contributed by atoms with E-state index in [1.807, 2.05) is 62.4 Å². The second-order valence-corrected chi connectivity index (χ2v) is 5.92. The molecule has 0 aliphatic rings. The summed E-state index contributed by atoms with van der Waals surface area (Å²) < 4.78 is 3.27. The number of hydrogen-bond donors (Lipinski definition) is 1. The summed E-state index contributed by atoms with van der Waals surface area (Å²) in [6, 6.07) is 15.2. The van der Waals surface area contributed by atoms with Gasteiger partial charge in [0.2, 0.25) is 5.91 Å². The number of fused-ring (bicyclic) bond motifs is 1. The molecule has 124 valence electrons. The van der Waals surface area contributed by atoms with Crippen LogP contribution in [-0.2, 0) is 17.9 Å². The first-order chi connectivity index (χ1) is 11.6. The van der Waals surface area contributed by atoms with Crippen LogP contribution >= 0.6 is 0 Å². The van der Waals surface area contributed by atoms with Crippen molar-refractivity contribution in [2.75, 3.05) is 5.32 Å². The summed E-state index contributed by atoms with van der Waals surface area (Å²) in [5, 5.41) is 2.84. The highest BCUT2D eigenvalue weighted by Gasteiger charge is 2.14. The SMILES string of the molecule is CCCn1c(=O)n(CC(=O)Nc2ccc(C)cc2)c2ccccc21. The number of hydrogen-bond acceptors (Lipinski definition) is 2. The average molecular weight is 323 g/mol. The Morgan fingerprint density at radius 1 is 1.00 bits per heavy atom. The van der Waals surface area contributed by atoms with Gasteiger partial charge in [0, 0.05) is 12.2 Å². The summed E-state index contributed by atoms with van der Waals surface area (Å²) >= 11 is 0. The van der Waals surface area contributed by atoms with E-state index in [2.05, 4.69) is 5.32 Å². The van der Waals surface area contributed by atoms with E-state index in [0.29, 0.717) is 6.54 Å². The predicted molar refractivity (Wildman–Crippen MR) is 96.3 cm³/mol. The van der Waals surface area contributed by atoms with Crippen molar-refractivity contribution in [3.05, 3.63) is 64.6 Å². The van der Waals surface area contributed by atoms with Crippen molar-refractivity contribution < 1.29 is 4.79 Å². The standard InChI is InChI=1S/C19H21N3O2/c1-3-12-21-16-6-4-5-7-17(16)22(19(21)24)13-18(23)20-15-10-8-14(2)9-11-15/h4-11H,3,12-13H2,1-2H3,(H,20,23). The van der Waals surface area contributed by atoms with Gasteiger partial charge < -0.3 is 5.32 Å². The quantitative estimate of drug-likeness (QED) is 0.784. The lowest BCUT2D eigenvalue weighted by molar-refractivity contribution is -0.116. The molecule has 0 atom stereocenters.